The van der Waals surface area contributed by atoms with Crippen LogP contribution in [0.15, 0.2) is 60.2 Å². The minimum absolute atomic E-state index is 0.115. The van der Waals surface area contributed by atoms with Crippen LogP contribution in [0.25, 0.3) is 23.4 Å². The van der Waals surface area contributed by atoms with Crippen LogP contribution in [-0.2, 0) is 4.79 Å². The van der Waals surface area contributed by atoms with Crippen molar-refractivity contribution >= 4 is 23.9 Å². The van der Waals surface area contributed by atoms with Gasteiger partial charge in [0.15, 0.2) is 0 Å². The number of piperidine rings is 1. The number of anilines is 1. The number of fused-ring (bicyclic) bond motifs is 1. The summed E-state index contributed by atoms with van der Waals surface area (Å²) >= 11 is 0. The van der Waals surface area contributed by atoms with E-state index in [0.29, 0.717) is 30.6 Å². The van der Waals surface area contributed by atoms with Gasteiger partial charge in [-0.05, 0) is 65.9 Å². The van der Waals surface area contributed by atoms with Crippen LogP contribution in [0.1, 0.15) is 24.8 Å². The van der Waals surface area contributed by atoms with Gasteiger partial charge in [0.2, 0.25) is 5.91 Å². The van der Waals surface area contributed by atoms with E-state index in [1.54, 1.807) is 12.2 Å². The van der Waals surface area contributed by atoms with Gasteiger partial charge in [0.25, 0.3) is 0 Å². The number of carbonyl (C=O) groups excluding carboxylic acids is 1. The van der Waals surface area contributed by atoms with E-state index in [2.05, 4.69) is 47.2 Å². The molecule has 6 heteroatoms. The van der Waals surface area contributed by atoms with Gasteiger partial charge in [-0.3, -0.25) is 4.79 Å². The van der Waals surface area contributed by atoms with Gasteiger partial charge in [0, 0.05) is 48.4 Å². The normalized spacial score (nSPS) is 19.1. The topological polar surface area (TPSA) is 92.0 Å². The molecule has 6 nitrogen and oxygen atoms in total. The maximum atomic E-state index is 13.0. The first-order valence-electron chi connectivity index (χ1n) is 12.1. The monoisotopic (exact) mass is 461 g/mol. The van der Waals surface area contributed by atoms with Crippen molar-refractivity contribution in [2.45, 2.75) is 25.3 Å². The summed E-state index contributed by atoms with van der Waals surface area (Å²) < 4.78 is 0. The van der Waals surface area contributed by atoms with Crippen LogP contribution in [0.3, 0.4) is 0 Å². The maximum absolute atomic E-state index is 13.0. The summed E-state index contributed by atoms with van der Waals surface area (Å²) in [7, 11) is 0. The highest BCUT2D eigenvalue weighted by Gasteiger charge is 2.28. The summed E-state index contributed by atoms with van der Waals surface area (Å²) in [6, 6.07) is 16.7. The summed E-state index contributed by atoms with van der Waals surface area (Å²) in [6.45, 7) is 2.19. The fourth-order valence-electron chi connectivity index (χ4n) is 5.02. The zero-order valence-corrected chi connectivity index (χ0v) is 19.5. The Morgan fingerprint density at radius 1 is 1.09 bits per heavy atom. The number of rotatable bonds is 4. The molecule has 2 aromatic rings. The molecule has 2 heterocycles. The molecule has 2 aliphatic heterocycles. The van der Waals surface area contributed by atoms with E-state index in [0.717, 1.165) is 41.4 Å². The summed E-state index contributed by atoms with van der Waals surface area (Å²) in [6.07, 6.45) is 12.1. The molecule has 1 aliphatic carbocycles. The number of nitrogens with one attached hydrogen (secondary N) is 2. The second-order valence-corrected chi connectivity index (χ2v) is 9.20. The molecule has 0 bridgehead atoms. The average Bonchev–Trinajstić information content (AvgIpc) is 2.93. The average molecular weight is 462 g/mol. The molecule has 1 unspecified atom stereocenters. The molecule has 0 spiro atoms. The SMILES string of the molecule is N#CC1=CC(C(=O)N2CCC(Nc3cc(-c4cccc(C#N)c4)cc4c3=CNCC=4)CC2)CC=C1. The van der Waals surface area contributed by atoms with Gasteiger partial charge in [-0.2, -0.15) is 10.5 Å². The quantitative estimate of drug-likeness (QED) is 0.731. The highest BCUT2D eigenvalue weighted by atomic mass is 16.2. The number of nitrogens with zero attached hydrogens (tertiary/aromatic N) is 3. The van der Waals surface area contributed by atoms with Gasteiger partial charge in [-0.15, -0.1) is 0 Å². The largest absolute Gasteiger partial charge is 0.387 e. The van der Waals surface area contributed by atoms with Gasteiger partial charge in [-0.25, -0.2) is 0 Å². The number of nitriles is 2. The number of amides is 1. The van der Waals surface area contributed by atoms with Crippen molar-refractivity contribution in [3.05, 3.63) is 76.2 Å². The van der Waals surface area contributed by atoms with Gasteiger partial charge in [0.05, 0.1) is 23.6 Å². The smallest absolute Gasteiger partial charge is 0.229 e. The molecule has 35 heavy (non-hydrogen) atoms. The van der Waals surface area contributed by atoms with Gasteiger partial charge in [0.1, 0.15) is 0 Å². The van der Waals surface area contributed by atoms with E-state index in [-0.39, 0.29) is 17.9 Å². The van der Waals surface area contributed by atoms with E-state index in [9.17, 15) is 10.1 Å². The fraction of sp³-hybridized carbons (Fsp3) is 0.276. The number of benzene rings is 2. The summed E-state index contributed by atoms with van der Waals surface area (Å²) in [5, 5.41) is 27.8. The van der Waals surface area contributed by atoms with E-state index >= 15 is 0 Å². The molecule has 2 N–H and O–H groups in total. The first-order chi connectivity index (χ1) is 17.1. The molecule has 0 aromatic heterocycles. The highest BCUT2D eigenvalue weighted by Crippen LogP contribution is 2.24. The summed E-state index contributed by atoms with van der Waals surface area (Å²) in [5.74, 6) is -0.118. The zero-order valence-electron chi connectivity index (χ0n) is 19.5. The molecule has 174 valence electrons. The van der Waals surface area contributed by atoms with E-state index < -0.39 is 0 Å². The molecule has 5 rings (SSSR count). The van der Waals surface area contributed by atoms with Crippen molar-refractivity contribution in [3.63, 3.8) is 0 Å². The van der Waals surface area contributed by atoms with E-state index in [4.69, 9.17) is 5.26 Å². The van der Waals surface area contributed by atoms with Crippen molar-refractivity contribution in [2.75, 3.05) is 25.0 Å². The van der Waals surface area contributed by atoms with Gasteiger partial charge in [-0.1, -0.05) is 30.4 Å². The van der Waals surface area contributed by atoms with E-state index in [1.165, 1.54) is 5.22 Å². The van der Waals surface area contributed by atoms with Crippen LogP contribution in [-0.4, -0.2) is 36.5 Å². The van der Waals surface area contributed by atoms with Crippen LogP contribution in [0.2, 0.25) is 0 Å². The van der Waals surface area contributed by atoms with Crippen molar-refractivity contribution in [2.24, 2.45) is 5.92 Å². The molecule has 1 fully saturated rings. The molecule has 0 saturated carbocycles. The predicted molar refractivity (Wildman–Crippen MR) is 137 cm³/mol. The first kappa shape index (κ1) is 22.5. The molecular weight excluding hydrogens is 434 g/mol. The van der Waals surface area contributed by atoms with Crippen molar-refractivity contribution in [3.8, 4) is 23.3 Å². The molecule has 1 atom stereocenters. The zero-order chi connectivity index (χ0) is 24.2. The van der Waals surface area contributed by atoms with Crippen molar-refractivity contribution in [1.29, 1.82) is 10.5 Å². The Hall–Kier alpha value is -4.29. The Labute approximate surface area is 205 Å². The van der Waals surface area contributed by atoms with Crippen LogP contribution in [0.5, 0.6) is 0 Å². The lowest BCUT2D eigenvalue weighted by Gasteiger charge is -2.35. The van der Waals surface area contributed by atoms with Crippen molar-refractivity contribution in [1.82, 2.24) is 10.2 Å². The van der Waals surface area contributed by atoms with Crippen LogP contribution in [0, 0.1) is 28.6 Å². The third kappa shape index (κ3) is 4.83. The lowest BCUT2D eigenvalue weighted by Crippen LogP contribution is -2.45. The first-order valence-corrected chi connectivity index (χ1v) is 12.1. The molecule has 1 amide bonds. The lowest BCUT2D eigenvalue weighted by atomic mass is 9.94. The lowest BCUT2D eigenvalue weighted by molar-refractivity contribution is -0.134. The Balaban J connectivity index is 1.33. The molecule has 1 saturated heterocycles. The number of likely N-dealkylation sites (tertiary alicyclic amines) is 1. The Morgan fingerprint density at radius 3 is 2.74 bits per heavy atom. The Bertz CT molecular complexity index is 1410. The van der Waals surface area contributed by atoms with E-state index in [1.807, 2.05) is 35.2 Å². The fourth-order valence-corrected chi connectivity index (χ4v) is 5.02. The molecule has 0 radical (unpaired) electrons. The summed E-state index contributed by atoms with van der Waals surface area (Å²) in [5.41, 5.74) is 4.38. The number of hydrogen-bond acceptors (Lipinski definition) is 5. The predicted octanol–water partition coefficient (Wildman–Crippen LogP) is 2.78. The van der Waals surface area contributed by atoms with Crippen LogP contribution >= 0.6 is 0 Å². The minimum Gasteiger partial charge on any atom is -0.387 e. The minimum atomic E-state index is -0.233. The molecular formula is C29H27N5O. The van der Waals surface area contributed by atoms with Gasteiger partial charge >= 0.3 is 0 Å². The number of hydrogen-bond donors (Lipinski definition) is 2. The molecule has 2 aromatic carbocycles. The highest BCUT2D eigenvalue weighted by molar-refractivity contribution is 5.81. The van der Waals surface area contributed by atoms with Gasteiger partial charge < -0.3 is 15.5 Å². The standard InChI is InChI=1S/C29H27N5O/c30-17-20-3-1-5-22(13-20)25-15-23-7-10-32-19-27(23)28(16-25)33-26-8-11-34(12-9-26)29(35)24-6-2-4-21(14-24)18-31/h1-5,7,13-16,19,24,26,32-33H,6,8-12H2. The van der Waals surface area contributed by atoms with Crippen LogP contribution in [0.4, 0.5) is 5.69 Å². The summed E-state index contributed by atoms with van der Waals surface area (Å²) in [4.78, 5) is 14.9. The van der Waals surface area contributed by atoms with Crippen LogP contribution < -0.4 is 21.1 Å². The third-order valence-corrected chi connectivity index (χ3v) is 6.90. The third-order valence-electron chi connectivity index (χ3n) is 6.90. The molecule has 3 aliphatic rings. The maximum Gasteiger partial charge on any atom is 0.229 e. The van der Waals surface area contributed by atoms with Crippen molar-refractivity contribution < 1.29 is 4.79 Å². The Morgan fingerprint density at radius 2 is 1.94 bits per heavy atom. The second-order valence-electron chi connectivity index (χ2n) is 9.20. The number of carbonyl (C=O) groups is 1. The number of allylic oxidation sites excluding steroid dienone is 3. The second kappa shape index (κ2) is 9.91. The Kier molecular flexibility index (Phi) is 6.37.